The molecule has 4 amide bonds. The molecule has 2 heterocycles. The van der Waals surface area contributed by atoms with Crippen LogP contribution in [0.3, 0.4) is 0 Å². The highest BCUT2D eigenvalue weighted by Gasteiger charge is 2.44. The second-order valence-electron chi connectivity index (χ2n) is 8.13. The Labute approximate surface area is 191 Å². The van der Waals surface area contributed by atoms with E-state index < -0.39 is 17.9 Å². The van der Waals surface area contributed by atoms with Crippen LogP contribution in [0.5, 0.6) is 5.75 Å². The summed E-state index contributed by atoms with van der Waals surface area (Å²) in [6.07, 6.45) is 1.45. The van der Waals surface area contributed by atoms with Crippen LogP contribution in [0.1, 0.15) is 29.6 Å². The minimum absolute atomic E-state index is 0.0935. The number of carbonyl (C=O) groups excluding carboxylic acids is 4. The first-order chi connectivity index (χ1) is 16.0. The number of methoxy groups -OCH3 is 1. The largest absolute Gasteiger partial charge is 0.497 e. The topological polar surface area (TPSA) is 108 Å². The molecule has 2 aromatic rings. The van der Waals surface area contributed by atoms with Crippen LogP contribution in [0.15, 0.2) is 54.6 Å². The van der Waals surface area contributed by atoms with E-state index in [0.29, 0.717) is 42.9 Å². The number of hydrogen-bond acceptors (Lipinski definition) is 6. The maximum atomic E-state index is 13.0. The summed E-state index contributed by atoms with van der Waals surface area (Å²) in [6, 6.07) is 14.8. The summed E-state index contributed by atoms with van der Waals surface area (Å²) < 4.78 is 5.07. The van der Waals surface area contributed by atoms with Crippen LogP contribution >= 0.6 is 0 Å². The zero-order chi connectivity index (χ0) is 23.4. The highest BCUT2D eigenvalue weighted by molar-refractivity contribution is 6.22. The van der Waals surface area contributed by atoms with Crippen LogP contribution < -0.4 is 20.5 Å². The molecule has 33 heavy (non-hydrogen) atoms. The molecule has 9 nitrogen and oxygen atoms in total. The van der Waals surface area contributed by atoms with Crippen LogP contribution in [0, 0.1) is 5.92 Å². The first-order valence-electron chi connectivity index (χ1n) is 10.9. The molecule has 0 aliphatic carbocycles. The number of imide groups is 1. The van der Waals surface area contributed by atoms with E-state index in [0.717, 1.165) is 0 Å². The molecule has 9 heteroatoms. The van der Waals surface area contributed by atoms with Crippen molar-refractivity contribution in [2.24, 2.45) is 5.92 Å². The fourth-order valence-electron chi connectivity index (χ4n) is 4.29. The van der Waals surface area contributed by atoms with Gasteiger partial charge in [0.1, 0.15) is 5.75 Å². The summed E-state index contributed by atoms with van der Waals surface area (Å²) in [7, 11) is 1.54. The number of piperidine rings is 1. The monoisotopic (exact) mass is 450 g/mol. The second-order valence-corrected chi connectivity index (χ2v) is 8.13. The zero-order valence-electron chi connectivity index (χ0n) is 18.3. The molecule has 0 unspecified atom stereocenters. The first kappa shape index (κ1) is 22.5. The standard InChI is InChI=1S/C24H26N4O5/c1-33-19-11-9-16(10-12-19)22(30)25-26-23(31)17-6-5-13-27(15-17)20-14-21(29)28(24(20)32)18-7-3-2-4-8-18/h2-4,7-12,17,20H,5-6,13-15H2,1H3,(H,25,30)(H,26,31)/t17-,20+/m1/s1. The van der Waals surface area contributed by atoms with E-state index >= 15 is 0 Å². The number of benzene rings is 2. The molecule has 2 fully saturated rings. The van der Waals surface area contributed by atoms with Crippen molar-refractivity contribution in [1.82, 2.24) is 15.8 Å². The summed E-state index contributed by atoms with van der Waals surface area (Å²) in [5.74, 6) is -1.03. The van der Waals surface area contributed by atoms with Crippen molar-refractivity contribution < 1.29 is 23.9 Å². The van der Waals surface area contributed by atoms with Gasteiger partial charge < -0.3 is 4.74 Å². The molecule has 2 aliphatic heterocycles. The summed E-state index contributed by atoms with van der Waals surface area (Å²) in [4.78, 5) is 53.7. The minimum Gasteiger partial charge on any atom is -0.497 e. The highest BCUT2D eigenvalue weighted by Crippen LogP contribution is 2.28. The minimum atomic E-state index is -0.581. The van der Waals surface area contributed by atoms with E-state index in [1.54, 1.807) is 48.5 Å². The molecule has 2 saturated heterocycles. The number of amides is 4. The Hall–Kier alpha value is -3.72. The van der Waals surface area contributed by atoms with Crippen molar-refractivity contribution in [3.8, 4) is 5.75 Å². The van der Waals surface area contributed by atoms with Crippen molar-refractivity contribution >= 4 is 29.3 Å². The Morgan fingerprint density at radius 1 is 1.00 bits per heavy atom. The van der Waals surface area contributed by atoms with E-state index in [-0.39, 0.29) is 24.1 Å². The van der Waals surface area contributed by atoms with Gasteiger partial charge in [-0.2, -0.15) is 0 Å². The van der Waals surface area contributed by atoms with Crippen LogP contribution in [-0.2, 0) is 14.4 Å². The molecular formula is C24H26N4O5. The molecule has 2 N–H and O–H groups in total. The van der Waals surface area contributed by atoms with Gasteiger partial charge in [0, 0.05) is 12.1 Å². The molecule has 0 radical (unpaired) electrons. The SMILES string of the molecule is COc1ccc(C(=O)NNC(=O)[C@@H]2CCCN([C@H]3CC(=O)N(c4ccccc4)C3=O)C2)cc1. The molecule has 0 saturated carbocycles. The number of para-hydroxylation sites is 1. The van der Waals surface area contributed by atoms with Gasteiger partial charge in [0.05, 0.1) is 31.2 Å². The lowest BCUT2D eigenvalue weighted by atomic mass is 9.95. The Morgan fingerprint density at radius 3 is 2.42 bits per heavy atom. The number of likely N-dealkylation sites (tertiary alicyclic amines) is 1. The van der Waals surface area contributed by atoms with Crippen LogP contribution in [0.4, 0.5) is 5.69 Å². The van der Waals surface area contributed by atoms with Gasteiger partial charge >= 0.3 is 0 Å². The summed E-state index contributed by atoms with van der Waals surface area (Å²) in [5, 5.41) is 0. The van der Waals surface area contributed by atoms with Crippen LogP contribution in [0.2, 0.25) is 0 Å². The fourth-order valence-corrected chi connectivity index (χ4v) is 4.29. The lowest BCUT2D eigenvalue weighted by Gasteiger charge is -2.34. The average Bonchev–Trinajstić information content (AvgIpc) is 3.16. The van der Waals surface area contributed by atoms with E-state index in [1.807, 2.05) is 11.0 Å². The number of hydrogen-bond donors (Lipinski definition) is 2. The maximum absolute atomic E-state index is 13.0. The lowest BCUT2D eigenvalue weighted by molar-refractivity contribution is -0.130. The molecule has 0 bridgehead atoms. The smallest absolute Gasteiger partial charge is 0.269 e. The second kappa shape index (κ2) is 9.83. The fraction of sp³-hybridized carbons (Fsp3) is 0.333. The molecule has 172 valence electrons. The van der Waals surface area contributed by atoms with E-state index in [4.69, 9.17) is 4.74 Å². The highest BCUT2D eigenvalue weighted by atomic mass is 16.5. The zero-order valence-corrected chi connectivity index (χ0v) is 18.3. The average molecular weight is 450 g/mol. The summed E-state index contributed by atoms with van der Waals surface area (Å²) in [6.45, 7) is 0.977. The first-order valence-corrected chi connectivity index (χ1v) is 10.9. The molecule has 2 aromatic carbocycles. The Bertz CT molecular complexity index is 1040. The normalized spacial score (nSPS) is 21.1. The van der Waals surface area contributed by atoms with Gasteiger partial charge in [0.15, 0.2) is 0 Å². The van der Waals surface area contributed by atoms with Gasteiger partial charge in [-0.25, -0.2) is 4.90 Å². The van der Waals surface area contributed by atoms with Gasteiger partial charge in [-0.3, -0.25) is 34.9 Å². The molecule has 2 atom stereocenters. The third kappa shape index (κ3) is 4.88. The van der Waals surface area contributed by atoms with Crippen molar-refractivity contribution in [3.05, 3.63) is 60.2 Å². The molecule has 2 aliphatic rings. The van der Waals surface area contributed by atoms with Crippen molar-refractivity contribution in [2.75, 3.05) is 25.1 Å². The molecule has 0 aromatic heterocycles. The summed E-state index contributed by atoms with van der Waals surface area (Å²) >= 11 is 0. The third-order valence-corrected chi connectivity index (χ3v) is 6.05. The van der Waals surface area contributed by atoms with Crippen LogP contribution in [-0.4, -0.2) is 54.8 Å². The number of nitrogens with zero attached hydrogens (tertiary/aromatic N) is 2. The predicted octanol–water partition coefficient (Wildman–Crippen LogP) is 1.50. The maximum Gasteiger partial charge on any atom is 0.269 e. The van der Waals surface area contributed by atoms with Gasteiger partial charge in [0.25, 0.3) is 11.8 Å². The Kier molecular flexibility index (Phi) is 6.69. The van der Waals surface area contributed by atoms with E-state index in [1.165, 1.54) is 12.0 Å². The predicted molar refractivity (Wildman–Crippen MR) is 120 cm³/mol. The van der Waals surface area contributed by atoms with Crippen molar-refractivity contribution in [1.29, 1.82) is 0 Å². The van der Waals surface area contributed by atoms with Crippen LogP contribution in [0.25, 0.3) is 0 Å². The van der Waals surface area contributed by atoms with E-state index in [9.17, 15) is 19.2 Å². The van der Waals surface area contributed by atoms with Gasteiger partial charge in [-0.15, -0.1) is 0 Å². The van der Waals surface area contributed by atoms with Crippen molar-refractivity contribution in [3.63, 3.8) is 0 Å². The van der Waals surface area contributed by atoms with Crippen molar-refractivity contribution in [2.45, 2.75) is 25.3 Å². The Morgan fingerprint density at radius 2 is 1.73 bits per heavy atom. The Balaban J connectivity index is 1.34. The number of nitrogens with one attached hydrogen (secondary N) is 2. The number of anilines is 1. The summed E-state index contributed by atoms with van der Waals surface area (Å²) in [5.41, 5.74) is 5.87. The molecule has 0 spiro atoms. The van der Waals surface area contributed by atoms with Gasteiger partial charge in [0.2, 0.25) is 11.8 Å². The molecule has 4 rings (SSSR count). The quantitative estimate of drug-likeness (QED) is 0.528. The van der Waals surface area contributed by atoms with Gasteiger partial charge in [-0.05, 0) is 55.8 Å². The molecular weight excluding hydrogens is 424 g/mol. The number of hydrazine groups is 1. The number of carbonyl (C=O) groups is 4. The van der Waals surface area contributed by atoms with E-state index in [2.05, 4.69) is 10.9 Å². The number of ether oxygens (including phenoxy) is 1. The number of rotatable bonds is 5. The van der Waals surface area contributed by atoms with Gasteiger partial charge in [-0.1, -0.05) is 18.2 Å². The third-order valence-electron chi connectivity index (χ3n) is 6.05. The lowest BCUT2D eigenvalue weighted by Crippen LogP contribution is -2.52.